The molecule has 3 N–H and O–H groups in total. The quantitative estimate of drug-likeness (QED) is 0.325. The maximum absolute atomic E-state index is 14.7. The first-order chi connectivity index (χ1) is 13.4. The summed E-state index contributed by atoms with van der Waals surface area (Å²) in [5.74, 6) is -1.78. The van der Waals surface area contributed by atoms with E-state index in [0.717, 1.165) is 20.5 Å². The van der Waals surface area contributed by atoms with Crippen molar-refractivity contribution in [3.8, 4) is 0 Å². The van der Waals surface area contributed by atoms with Crippen LogP contribution in [0.5, 0.6) is 0 Å². The highest BCUT2D eigenvalue weighted by Gasteiger charge is 2.21. The van der Waals surface area contributed by atoms with Crippen LogP contribution in [0, 0.1) is 16.3 Å². The average molecular weight is 515 g/mol. The largest absolute Gasteiger partial charge is 0.478 e. The molecule has 0 bridgehead atoms. The van der Waals surface area contributed by atoms with Crippen molar-refractivity contribution in [3.63, 3.8) is 0 Å². The lowest BCUT2D eigenvalue weighted by Gasteiger charge is -2.13. The molecule has 1 aliphatic rings. The highest BCUT2D eigenvalue weighted by Crippen LogP contribution is 2.34. The molecule has 1 fully saturated rings. The molecule has 1 saturated carbocycles. The molecule has 0 saturated heterocycles. The van der Waals surface area contributed by atoms with E-state index < -0.39 is 11.8 Å². The van der Waals surface area contributed by atoms with E-state index in [0.29, 0.717) is 21.9 Å². The van der Waals surface area contributed by atoms with Crippen LogP contribution in [0.4, 0.5) is 15.8 Å². The zero-order chi connectivity index (χ0) is 20.3. The van der Waals surface area contributed by atoms with Crippen LogP contribution in [-0.2, 0) is 4.84 Å². The van der Waals surface area contributed by atoms with E-state index in [2.05, 4.69) is 43.2 Å². The second-order valence-electron chi connectivity index (χ2n) is 6.30. The molecule has 0 unspecified atom stereocenters. The number of fused-ring (bicyclic) bond motifs is 1. The number of benzene rings is 2. The summed E-state index contributed by atoms with van der Waals surface area (Å²) in [4.78, 5) is 20.0. The number of anilines is 2. The third-order valence-corrected chi connectivity index (χ3v) is 5.61. The lowest BCUT2D eigenvalue weighted by Crippen LogP contribution is -2.12. The van der Waals surface area contributed by atoms with Gasteiger partial charge in [-0.2, -0.15) is 5.48 Å². The van der Waals surface area contributed by atoms with Crippen molar-refractivity contribution in [2.45, 2.75) is 25.8 Å². The minimum Gasteiger partial charge on any atom is -0.478 e. The summed E-state index contributed by atoms with van der Waals surface area (Å²) in [6.45, 7) is 1.88. The van der Waals surface area contributed by atoms with Gasteiger partial charge in [0.2, 0.25) is 0 Å². The van der Waals surface area contributed by atoms with Gasteiger partial charge in [-0.25, -0.2) is 14.2 Å². The van der Waals surface area contributed by atoms with Crippen LogP contribution in [-0.4, -0.2) is 29.2 Å². The smallest absolute Gasteiger partial charge is 0.338 e. The van der Waals surface area contributed by atoms with Gasteiger partial charge >= 0.3 is 5.97 Å². The number of nitrogens with one attached hydrogen (secondary N) is 2. The molecule has 1 aliphatic carbocycles. The summed E-state index contributed by atoms with van der Waals surface area (Å²) in [5.41, 5.74) is 6.09. The number of nitrogens with zero attached hydrogens (tertiary/aromatic N) is 1. The van der Waals surface area contributed by atoms with E-state index in [1.54, 1.807) is 13.2 Å². The summed E-state index contributed by atoms with van der Waals surface area (Å²) in [6.07, 6.45) is 2.57. The number of aryl methyl sites for hydroxylation is 1. The van der Waals surface area contributed by atoms with E-state index in [9.17, 15) is 14.3 Å². The first-order valence-electron chi connectivity index (χ1n) is 8.51. The molecule has 4 rings (SSSR count). The van der Waals surface area contributed by atoms with Gasteiger partial charge in [0.25, 0.3) is 0 Å². The van der Waals surface area contributed by atoms with Crippen LogP contribution >= 0.6 is 33.9 Å². The standard InChI is InChI=1S/C15H10FIN2O2S.C4H9NO/c1-7-4-8(17)2-3-10(7)19-13-9(15(20)21)5-11-14(12(13)16)22-6-18-11;1-6-5-4-2-3-4/h2-6,19H,1H3,(H,20,21);4-5H,2-3H2,1H3. The monoisotopic (exact) mass is 515 g/mol. The molecule has 0 spiro atoms. The van der Waals surface area contributed by atoms with Crippen LogP contribution in [0.1, 0.15) is 28.8 Å². The number of carboxylic acid groups (broad SMARTS) is 1. The Labute approximate surface area is 179 Å². The van der Waals surface area contributed by atoms with Gasteiger partial charge in [0.05, 0.1) is 34.1 Å². The van der Waals surface area contributed by atoms with Gasteiger partial charge < -0.3 is 15.3 Å². The highest BCUT2D eigenvalue weighted by atomic mass is 127. The Morgan fingerprint density at radius 2 is 2.14 bits per heavy atom. The van der Waals surface area contributed by atoms with Crippen molar-refractivity contribution >= 4 is 61.5 Å². The first kappa shape index (κ1) is 20.9. The molecule has 0 atom stereocenters. The van der Waals surface area contributed by atoms with Gasteiger partial charge in [-0.05, 0) is 72.2 Å². The molecular formula is C19H19FIN3O3S. The molecule has 6 nitrogen and oxygen atoms in total. The van der Waals surface area contributed by atoms with Crippen LogP contribution in [0.3, 0.4) is 0 Å². The molecule has 1 heterocycles. The second-order valence-corrected chi connectivity index (χ2v) is 8.40. The second kappa shape index (κ2) is 9.12. The summed E-state index contributed by atoms with van der Waals surface area (Å²) in [7, 11) is 1.65. The highest BCUT2D eigenvalue weighted by molar-refractivity contribution is 14.1. The Morgan fingerprint density at radius 1 is 1.39 bits per heavy atom. The number of hydrogen-bond donors (Lipinski definition) is 3. The van der Waals surface area contributed by atoms with Gasteiger partial charge in [-0.3, -0.25) is 0 Å². The number of hydrogen-bond acceptors (Lipinski definition) is 6. The zero-order valence-electron chi connectivity index (χ0n) is 15.3. The third kappa shape index (κ3) is 4.96. The molecule has 0 aliphatic heterocycles. The van der Waals surface area contributed by atoms with Gasteiger partial charge in [0.15, 0.2) is 5.82 Å². The molecule has 0 amide bonds. The number of carbonyl (C=O) groups is 1. The number of aromatic carboxylic acids is 1. The van der Waals surface area contributed by atoms with Crippen LogP contribution < -0.4 is 10.8 Å². The van der Waals surface area contributed by atoms with E-state index in [1.165, 1.54) is 24.4 Å². The van der Waals surface area contributed by atoms with Crippen LogP contribution in [0.25, 0.3) is 10.2 Å². The van der Waals surface area contributed by atoms with E-state index in [1.807, 2.05) is 19.1 Å². The Kier molecular flexibility index (Phi) is 6.81. The first-order valence-corrected chi connectivity index (χ1v) is 10.5. The summed E-state index contributed by atoms with van der Waals surface area (Å²) >= 11 is 3.33. The average Bonchev–Trinajstić information content (AvgIpc) is 3.33. The van der Waals surface area contributed by atoms with Gasteiger partial charge in [-0.1, -0.05) is 0 Å². The maximum atomic E-state index is 14.7. The Bertz CT molecular complexity index is 1010. The SMILES string of the molecule is CONC1CC1.Cc1cc(I)ccc1Nc1c(C(=O)O)cc2ncsc2c1F. The fraction of sp³-hybridized carbons (Fsp3) is 0.263. The topological polar surface area (TPSA) is 83.5 Å². The van der Waals surface area contributed by atoms with Gasteiger partial charge in [-0.15, -0.1) is 11.3 Å². The van der Waals surface area contributed by atoms with E-state index >= 15 is 0 Å². The fourth-order valence-corrected chi connectivity index (χ4v) is 3.88. The Hall–Kier alpha value is -1.82. The van der Waals surface area contributed by atoms with Gasteiger partial charge in [0.1, 0.15) is 0 Å². The Morgan fingerprint density at radius 3 is 2.71 bits per heavy atom. The van der Waals surface area contributed by atoms with E-state index in [-0.39, 0.29) is 11.3 Å². The summed E-state index contributed by atoms with van der Waals surface area (Å²) in [5, 5.41) is 12.3. The lowest BCUT2D eigenvalue weighted by molar-refractivity contribution is 0.0697. The Balaban J connectivity index is 0.000000320. The molecule has 1 aromatic heterocycles. The molecule has 0 radical (unpaired) electrons. The number of rotatable bonds is 5. The normalized spacial score (nSPS) is 13.1. The van der Waals surface area contributed by atoms with E-state index in [4.69, 9.17) is 0 Å². The minimum absolute atomic E-state index is 0.0337. The van der Waals surface area contributed by atoms with Crippen LogP contribution in [0.2, 0.25) is 0 Å². The van der Waals surface area contributed by atoms with Crippen molar-refractivity contribution in [2.24, 2.45) is 0 Å². The predicted molar refractivity (Wildman–Crippen MR) is 117 cm³/mol. The van der Waals surface area contributed by atoms with Gasteiger partial charge in [0, 0.05) is 15.3 Å². The molecular weight excluding hydrogens is 496 g/mol. The summed E-state index contributed by atoms with van der Waals surface area (Å²) < 4.78 is 16.1. The number of halogens is 2. The lowest BCUT2D eigenvalue weighted by atomic mass is 10.1. The molecule has 148 valence electrons. The van der Waals surface area contributed by atoms with Crippen molar-refractivity contribution in [1.82, 2.24) is 10.5 Å². The summed E-state index contributed by atoms with van der Waals surface area (Å²) in [6, 6.07) is 7.68. The van der Waals surface area contributed by atoms with Crippen molar-refractivity contribution < 1.29 is 19.1 Å². The minimum atomic E-state index is -1.19. The number of carboxylic acids is 1. The maximum Gasteiger partial charge on any atom is 0.338 e. The van der Waals surface area contributed by atoms with Crippen molar-refractivity contribution in [3.05, 3.63) is 50.3 Å². The molecule has 2 aromatic carbocycles. The molecule has 3 aromatic rings. The number of aromatic nitrogens is 1. The zero-order valence-corrected chi connectivity index (χ0v) is 18.2. The molecule has 9 heteroatoms. The number of hydroxylamine groups is 1. The molecule has 28 heavy (non-hydrogen) atoms. The third-order valence-electron chi connectivity index (χ3n) is 4.10. The van der Waals surface area contributed by atoms with Crippen molar-refractivity contribution in [2.75, 3.05) is 12.4 Å². The fourth-order valence-electron chi connectivity index (χ4n) is 2.52. The number of thiazole rings is 1. The predicted octanol–water partition coefficient (Wildman–Crippen LogP) is 5.09. The van der Waals surface area contributed by atoms with Crippen LogP contribution in [0.15, 0.2) is 29.8 Å². The van der Waals surface area contributed by atoms with Crippen molar-refractivity contribution in [1.29, 1.82) is 0 Å².